The minimum absolute atomic E-state index is 0.189. The van der Waals surface area contributed by atoms with Crippen LogP contribution in [0.3, 0.4) is 0 Å². The molecule has 2 aromatic carbocycles. The molecule has 0 spiro atoms. The number of nitrogens with one attached hydrogen (secondary N) is 2. The van der Waals surface area contributed by atoms with E-state index in [9.17, 15) is 9.90 Å². The van der Waals surface area contributed by atoms with Crippen molar-refractivity contribution in [1.82, 2.24) is 15.6 Å². The minimum Gasteiger partial charge on any atom is -0.508 e. The van der Waals surface area contributed by atoms with Crippen LogP contribution in [0, 0.1) is 13.8 Å². The van der Waals surface area contributed by atoms with E-state index in [0.29, 0.717) is 17.8 Å². The molecule has 3 rings (SSSR count). The van der Waals surface area contributed by atoms with Gasteiger partial charge in [-0.3, -0.25) is 9.89 Å². The zero-order chi connectivity index (χ0) is 19.4. The minimum atomic E-state index is -0.359. The Bertz CT molecular complexity index is 988. The Hall–Kier alpha value is -3.41. The number of hydrogen-bond donors (Lipinski definition) is 3. The van der Waals surface area contributed by atoms with Crippen molar-refractivity contribution in [3.8, 4) is 17.0 Å². The Kier molecular flexibility index (Phi) is 5.35. The summed E-state index contributed by atoms with van der Waals surface area (Å²) < 4.78 is 0. The lowest BCUT2D eigenvalue weighted by atomic mass is 10.0. The predicted molar refractivity (Wildman–Crippen MR) is 106 cm³/mol. The first-order valence-corrected chi connectivity index (χ1v) is 8.77. The number of phenolic OH excluding ortho intramolecular Hbond substituents is 1. The molecule has 0 aliphatic carbocycles. The summed E-state index contributed by atoms with van der Waals surface area (Å²) in [6.07, 6.45) is 0.641. The zero-order valence-electron chi connectivity index (χ0n) is 15.6. The molecule has 0 unspecified atom stereocenters. The third kappa shape index (κ3) is 4.23. The van der Waals surface area contributed by atoms with Gasteiger partial charge in [0.05, 0.1) is 11.4 Å². The van der Waals surface area contributed by atoms with Gasteiger partial charge in [-0.2, -0.15) is 10.2 Å². The smallest absolute Gasteiger partial charge is 0.289 e. The zero-order valence-corrected chi connectivity index (χ0v) is 15.6. The van der Waals surface area contributed by atoms with E-state index in [1.54, 1.807) is 30.3 Å². The summed E-state index contributed by atoms with van der Waals surface area (Å²) in [7, 11) is 0. The first kappa shape index (κ1) is 18.4. The second kappa shape index (κ2) is 7.86. The number of aromatic hydroxyl groups is 1. The van der Waals surface area contributed by atoms with Crippen LogP contribution in [-0.2, 0) is 0 Å². The average molecular weight is 362 g/mol. The molecule has 1 aromatic heterocycles. The maximum atomic E-state index is 12.4. The number of hydrazone groups is 1. The fraction of sp³-hybridized carbons (Fsp3) is 0.190. The Labute approximate surface area is 158 Å². The summed E-state index contributed by atoms with van der Waals surface area (Å²) >= 11 is 0. The summed E-state index contributed by atoms with van der Waals surface area (Å²) in [5, 5.41) is 20.6. The number of aromatic nitrogens is 2. The molecule has 6 nitrogen and oxygen atoms in total. The molecule has 27 heavy (non-hydrogen) atoms. The van der Waals surface area contributed by atoms with Crippen molar-refractivity contribution in [3.63, 3.8) is 0 Å². The maximum Gasteiger partial charge on any atom is 0.289 e. The van der Waals surface area contributed by atoms with E-state index < -0.39 is 0 Å². The van der Waals surface area contributed by atoms with Crippen LogP contribution in [0.25, 0.3) is 11.3 Å². The van der Waals surface area contributed by atoms with Crippen molar-refractivity contribution < 1.29 is 9.90 Å². The largest absolute Gasteiger partial charge is 0.508 e. The number of rotatable bonds is 5. The average Bonchev–Trinajstić information content (AvgIpc) is 3.16. The number of H-pyrrole nitrogens is 1. The highest BCUT2D eigenvalue weighted by atomic mass is 16.3. The van der Waals surface area contributed by atoms with Gasteiger partial charge in [0.1, 0.15) is 11.4 Å². The summed E-state index contributed by atoms with van der Waals surface area (Å²) in [6.45, 7) is 6.05. The summed E-state index contributed by atoms with van der Waals surface area (Å²) in [4.78, 5) is 12.4. The molecule has 3 N–H and O–H groups in total. The van der Waals surface area contributed by atoms with Crippen molar-refractivity contribution in [2.45, 2.75) is 27.2 Å². The number of nitrogens with zero attached hydrogens (tertiary/aromatic N) is 2. The maximum absolute atomic E-state index is 12.4. The molecule has 0 fully saturated rings. The van der Waals surface area contributed by atoms with Gasteiger partial charge in [0, 0.05) is 5.56 Å². The second-order valence-electron chi connectivity index (χ2n) is 6.37. The molecule has 0 aliphatic heterocycles. The molecule has 0 bridgehead atoms. The Morgan fingerprint density at radius 3 is 2.52 bits per heavy atom. The van der Waals surface area contributed by atoms with E-state index in [2.05, 4.69) is 27.6 Å². The first-order chi connectivity index (χ1) is 13.0. The molecule has 138 valence electrons. The van der Waals surface area contributed by atoms with Crippen molar-refractivity contribution >= 4 is 11.6 Å². The topological polar surface area (TPSA) is 90.4 Å². The van der Waals surface area contributed by atoms with E-state index in [1.165, 1.54) is 11.1 Å². The number of carbonyl (C=O) groups is 1. The lowest BCUT2D eigenvalue weighted by molar-refractivity contribution is 0.0950. The highest BCUT2D eigenvalue weighted by Crippen LogP contribution is 2.21. The Morgan fingerprint density at radius 2 is 1.85 bits per heavy atom. The normalized spacial score (nSPS) is 11.4. The SMILES string of the molecule is CC/C(=N/NC(=O)c1cc(-c2ccc(C)c(C)c2)n[nH]1)c1ccc(O)cc1. The first-order valence-electron chi connectivity index (χ1n) is 8.77. The van der Waals surface area contributed by atoms with Gasteiger partial charge in [-0.1, -0.05) is 19.1 Å². The number of aromatic amines is 1. The van der Waals surface area contributed by atoms with Crippen LogP contribution >= 0.6 is 0 Å². The molecule has 1 heterocycles. The van der Waals surface area contributed by atoms with E-state index in [0.717, 1.165) is 16.8 Å². The fourth-order valence-electron chi connectivity index (χ4n) is 2.67. The molecule has 0 saturated heterocycles. The van der Waals surface area contributed by atoms with Gasteiger partial charge < -0.3 is 5.11 Å². The van der Waals surface area contributed by atoms with E-state index in [4.69, 9.17) is 0 Å². The van der Waals surface area contributed by atoms with Gasteiger partial charge in [0.2, 0.25) is 0 Å². The van der Waals surface area contributed by atoms with Gasteiger partial charge >= 0.3 is 0 Å². The number of benzene rings is 2. The van der Waals surface area contributed by atoms with Crippen molar-refractivity contribution in [1.29, 1.82) is 0 Å². The summed E-state index contributed by atoms with van der Waals surface area (Å²) in [5.41, 5.74) is 8.52. The van der Waals surface area contributed by atoms with Crippen LogP contribution in [0.15, 0.2) is 53.6 Å². The van der Waals surface area contributed by atoms with E-state index in [-0.39, 0.29) is 11.7 Å². The van der Waals surface area contributed by atoms with Gasteiger partial charge in [0.15, 0.2) is 0 Å². The third-order valence-electron chi connectivity index (χ3n) is 4.45. The number of amides is 1. The Morgan fingerprint density at radius 1 is 1.11 bits per heavy atom. The van der Waals surface area contributed by atoms with Crippen molar-refractivity contribution in [2.75, 3.05) is 0 Å². The van der Waals surface area contributed by atoms with Gasteiger partial charge in [0.25, 0.3) is 5.91 Å². The molecule has 0 atom stereocenters. The molecule has 0 aliphatic rings. The number of carbonyl (C=O) groups excluding carboxylic acids is 1. The molecule has 0 saturated carbocycles. The molecule has 3 aromatic rings. The monoisotopic (exact) mass is 362 g/mol. The molecule has 0 radical (unpaired) electrons. The molecular weight excluding hydrogens is 340 g/mol. The van der Waals surface area contributed by atoms with Crippen LogP contribution in [0.5, 0.6) is 5.75 Å². The van der Waals surface area contributed by atoms with Crippen molar-refractivity contribution in [3.05, 3.63) is 70.9 Å². The Balaban J connectivity index is 1.75. The van der Waals surface area contributed by atoms with Crippen LogP contribution in [0.1, 0.15) is 40.5 Å². The molecular formula is C21H22N4O2. The quantitative estimate of drug-likeness (QED) is 0.474. The second-order valence-corrected chi connectivity index (χ2v) is 6.37. The highest BCUT2D eigenvalue weighted by molar-refractivity contribution is 6.02. The summed E-state index contributed by atoms with van der Waals surface area (Å²) in [6, 6.07) is 14.5. The van der Waals surface area contributed by atoms with Gasteiger partial charge in [-0.05, 0) is 73.4 Å². The number of phenols is 1. The lowest BCUT2D eigenvalue weighted by Crippen LogP contribution is -2.20. The number of hydrogen-bond acceptors (Lipinski definition) is 4. The van der Waals surface area contributed by atoms with Crippen LogP contribution < -0.4 is 5.43 Å². The van der Waals surface area contributed by atoms with Crippen molar-refractivity contribution in [2.24, 2.45) is 5.10 Å². The summed E-state index contributed by atoms with van der Waals surface area (Å²) in [5.74, 6) is -0.170. The van der Waals surface area contributed by atoms with Crippen LogP contribution in [0.4, 0.5) is 0 Å². The van der Waals surface area contributed by atoms with Crippen LogP contribution in [-0.4, -0.2) is 26.9 Å². The predicted octanol–water partition coefficient (Wildman–Crippen LogP) is 3.94. The number of aryl methyl sites for hydroxylation is 2. The fourth-order valence-corrected chi connectivity index (χ4v) is 2.67. The highest BCUT2D eigenvalue weighted by Gasteiger charge is 2.12. The molecule has 1 amide bonds. The third-order valence-corrected chi connectivity index (χ3v) is 4.45. The standard InChI is InChI=1S/C21H22N4O2/c1-4-18(15-7-9-17(26)10-8-15)22-25-21(27)20-12-19(23-24-20)16-6-5-13(2)14(3)11-16/h5-12,26H,4H2,1-3H3,(H,23,24)(H,25,27)/b22-18-. The van der Waals surface area contributed by atoms with E-state index in [1.807, 2.05) is 32.0 Å². The molecule has 6 heteroatoms. The van der Waals surface area contributed by atoms with E-state index >= 15 is 0 Å². The lowest BCUT2D eigenvalue weighted by Gasteiger charge is -2.05. The van der Waals surface area contributed by atoms with Gasteiger partial charge in [-0.15, -0.1) is 0 Å². The van der Waals surface area contributed by atoms with Gasteiger partial charge in [-0.25, -0.2) is 5.43 Å². The van der Waals surface area contributed by atoms with Crippen LogP contribution in [0.2, 0.25) is 0 Å².